The normalized spacial score (nSPS) is 21.3. The first-order valence-electron chi connectivity index (χ1n) is 5.16. The minimum Gasteiger partial charge on any atom is -0.370 e. The Hall–Kier alpha value is -0.420. The first-order chi connectivity index (χ1) is 7.40. The van der Waals surface area contributed by atoms with E-state index in [1.807, 2.05) is 35.8 Å². The van der Waals surface area contributed by atoms with Crippen LogP contribution in [0.5, 0.6) is 0 Å². The lowest BCUT2D eigenvalue weighted by atomic mass is 10.4. The molecule has 3 nitrogen and oxygen atoms in total. The molecule has 1 atom stereocenters. The summed E-state index contributed by atoms with van der Waals surface area (Å²) in [5.41, 5.74) is 0. The van der Waals surface area contributed by atoms with Crippen LogP contribution < -0.4 is 5.32 Å². The average Bonchev–Trinajstić information content (AvgIpc) is 2.31. The predicted octanol–water partition coefficient (Wildman–Crippen LogP) is 2.43. The fraction of sp³-hybridized carbons (Fsp3) is 0.600. The van der Waals surface area contributed by atoms with Gasteiger partial charge in [0.1, 0.15) is 11.6 Å². The Kier molecular flexibility index (Phi) is 4.14. The van der Waals surface area contributed by atoms with Gasteiger partial charge in [-0.25, -0.2) is 9.97 Å². The van der Waals surface area contributed by atoms with Crippen molar-refractivity contribution in [2.45, 2.75) is 12.2 Å². The van der Waals surface area contributed by atoms with Crippen molar-refractivity contribution in [1.29, 1.82) is 0 Å². The number of anilines is 1. The molecule has 1 aromatic heterocycles. The number of hydrogen-bond donors (Lipinski definition) is 1. The smallest absolute Gasteiger partial charge is 0.144 e. The molecule has 1 unspecified atom stereocenters. The molecule has 0 spiro atoms. The summed E-state index contributed by atoms with van der Waals surface area (Å²) in [6.45, 7) is 2.98. The van der Waals surface area contributed by atoms with Gasteiger partial charge in [-0.2, -0.15) is 11.8 Å². The lowest BCUT2D eigenvalue weighted by Crippen LogP contribution is -2.11. The van der Waals surface area contributed by atoms with E-state index in [0.717, 1.165) is 23.9 Å². The van der Waals surface area contributed by atoms with E-state index in [9.17, 15) is 0 Å². The summed E-state index contributed by atoms with van der Waals surface area (Å²) in [6.07, 6.45) is 1.85. The number of nitrogens with zero attached hydrogens (tertiary/aromatic N) is 2. The Bertz CT molecular complexity index is 313. The van der Waals surface area contributed by atoms with Gasteiger partial charge in [0.2, 0.25) is 0 Å². The summed E-state index contributed by atoms with van der Waals surface area (Å²) in [7, 11) is 0. The van der Waals surface area contributed by atoms with Crippen LogP contribution in [0, 0.1) is 0 Å². The molecule has 0 aromatic carbocycles. The van der Waals surface area contributed by atoms with Gasteiger partial charge in [0.15, 0.2) is 0 Å². The maximum atomic E-state index is 4.53. The standard InChI is InChI=1S/C10H15N3S2/c1-2-11-9-3-4-12-10(13-9)8-7-14-5-6-15-8/h3-4,8H,2,5-7H2,1H3,(H,11,12,13). The van der Waals surface area contributed by atoms with Crippen molar-refractivity contribution in [2.24, 2.45) is 0 Å². The molecule has 15 heavy (non-hydrogen) atoms. The van der Waals surface area contributed by atoms with Gasteiger partial charge in [0.05, 0.1) is 5.25 Å². The number of nitrogens with one attached hydrogen (secondary N) is 1. The molecular weight excluding hydrogens is 226 g/mol. The van der Waals surface area contributed by atoms with Crippen LogP contribution in [0.1, 0.15) is 18.0 Å². The van der Waals surface area contributed by atoms with Crippen molar-refractivity contribution >= 4 is 29.3 Å². The summed E-state index contributed by atoms with van der Waals surface area (Å²) >= 11 is 3.97. The van der Waals surface area contributed by atoms with E-state index in [2.05, 4.69) is 22.2 Å². The minimum absolute atomic E-state index is 0.474. The maximum Gasteiger partial charge on any atom is 0.144 e. The SMILES string of the molecule is CCNc1ccnc(C2CSCCS2)n1. The van der Waals surface area contributed by atoms with Crippen molar-refractivity contribution in [3.8, 4) is 0 Å². The molecular formula is C10H15N3S2. The fourth-order valence-corrected chi connectivity index (χ4v) is 4.05. The molecule has 0 bridgehead atoms. The van der Waals surface area contributed by atoms with Crippen LogP contribution in [-0.2, 0) is 0 Å². The van der Waals surface area contributed by atoms with Gasteiger partial charge in [-0.1, -0.05) is 0 Å². The first kappa shape index (κ1) is 11.1. The highest BCUT2D eigenvalue weighted by atomic mass is 32.2. The minimum atomic E-state index is 0.474. The largest absolute Gasteiger partial charge is 0.370 e. The predicted molar refractivity (Wildman–Crippen MR) is 68.7 cm³/mol. The zero-order valence-electron chi connectivity index (χ0n) is 8.77. The zero-order chi connectivity index (χ0) is 10.5. The highest BCUT2D eigenvalue weighted by molar-refractivity contribution is 8.06. The maximum absolute atomic E-state index is 4.53. The molecule has 2 heterocycles. The van der Waals surface area contributed by atoms with Crippen LogP contribution in [0.2, 0.25) is 0 Å². The van der Waals surface area contributed by atoms with E-state index in [1.165, 1.54) is 11.5 Å². The molecule has 5 heteroatoms. The summed E-state index contributed by atoms with van der Waals surface area (Å²) < 4.78 is 0. The Balaban J connectivity index is 2.09. The van der Waals surface area contributed by atoms with Crippen molar-refractivity contribution in [3.63, 3.8) is 0 Å². The van der Waals surface area contributed by atoms with Crippen LogP contribution >= 0.6 is 23.5 Å². The zero-order valence-corrected chi connectivity index (χ0v) is 10.4. The van der Waals surface area contributed by atoms with Crippen LogP contribution in [0.3, 0.4) is 0 Å². The quantitative estimate of drug-likeness (QED) is 0.880. The summed E-state index contributed by atoms with van der Waals surface area (Å²) in [5, 5.41) is 3.69. The third kappa shape index (κ3) is 3.01. The second-order valence-corrected chi connectivity index (χ2v) is 5.73. The van der Waals surface area contributed by atoms with E-state index in [-0.39, 0.29) is 0 Å². The lowest BCUT2D eigenvalue weighted by molar-refractivity contribution is 0.920. The second-order valence-electron chi connectivity index (χ2n) is 3.26. The molecule has 1 aliphatic heterocycles. The van der Waals surface area contributed by atoms with Crippen LogP contribution in [0.4, 0.5) is 5.82 Å². The van der Waals surface area contributed by atoms with Gasteiger partial charge in [-0.05, 0) is 13.0 Å². The summed E-state index contributed by atoms with van der Waals surface area (Å²) in [6, 6.07) is 1.92. The van der Waals surface area contributed by atoms with Gasteiger partial charge >= 0.3 is 0 Å². The highest BCUT2D eigenvalue weighted by Crippen LogP contribution is 2.34. The van der Waals surface area contributed by atoms with Crippen LogP contribution in [0.25, 0.3) is 0 Å². The van der Waals surface area contributed by atoms with Crippen molar-refractivity contribution < 1.29 is 0 Å². The summed E-state index contributed by atoms with van der Waals surface area (Å²) in [4.78, 5) is 8.89. The molecule has 2 rings (SSSR count). The molecule has 1 saturated heterocycles. The molecule has 1 aliphatic rings. The number of rotatable bonds is 3. The third-order valence-electron chi connectivity index (χ3n) is 2.14. The molecule has 0 radical (unpaired) electrons. The lowest BCUT2D eigenvalue weighted by Gasteiger charge is -2.19. The Labute approximate surface area is 98.9 Å². The monoisotopic (exact) mass is 241 g/mol. The second kappa shape index (κ2) is 5.61. The molecule has 82 valence electrons. The number of aromatic nitrogens is 2. The van der Waals surface area contributed by atoms with Gasteiger partial charge < -0.3 is 5.32 Å². The third-order valence-corrected chi connectivity index (χ3v) is 4.89. The fourth-order valence-electron chi connectivity index (χ4n) is 1.45. The van der Waals surface area contributed by atoms with E-state index in [1.54, 1.807) is 0 Å². The van der Waals surface area contributed by atoms with E-state index < -0.39 is 0 Å². The van der Waals surface area contributed by atoms with Crippen molar-refractivity contribution in [1.82, 2.24) is 9.97 Å². The molecule has 0 saturated carbocycles. The van der Waals surface area contributed by atoms with Crippen LogP contribution in [0.15, 0.2) is 12.3 Å². The molecule has 1 aromatic rings. The van der Waals surface area contributed by atoms with E-state index >= 15 is 0 Å². The molecule has 0 amide bonds. The molecule has 1 fully saturated rings. The van der Waals surface area contributed by atoms with Gasteiger partial charge in [-0.15, -0.1) is 11.8 Å². The van der Waals surface area contributed by atoms with Gasteiger partial charge in [-0.3, -0.25) is 0 Å². The first-order valence-corrected chi connectivity index (χ1v) is 7.36. The number of thioether (sulfide) groups is 2. The van der Waals surface area contributed by atoms with E-state index in [0.29, 0.717) is 5.25 Å². The van der Waals surface area contributed by atoms with Gasteiger partial charge in [0, 0.05) is 30.0 Å². The summed E-state index contributed by atoms with van der Waals surface area (Å²) in [5.74, 6) is 5.53. The Morgan fingerprint density at radius 3 is 3.20 bits per heavy atom. The average molecular weight is 241 g/mol. The molecule has 1 N–H and O–H groups in total. The van der Waals surface area contributed by atoms with E-state index in [4.69, 9.17) is 0 Å². The van der Waals surface area contributed by atoms with Gasteiger partial charge in [0.25, 0.3) is 0 Å². The topological polar surface area (TPSA) is 37.8 Å². The Morgan fingerprint density at radius 2 is 2.47 bits per heavy atom. The van der Waals surface area contributed by atoms with Crippen molar-refractivity contribution in [3.05, 3.63) is 18.1 Å². The number of hydrogen-bond acceptors (Lipinski definition) is 5. The Morgan fingerprint density at radius 1 is 1.53 bits per heavy atom. The molecule has 0 aliphatic carbocycles. The van der Waals surface area contributed by atoms with Crippen LogP contribution in [-0.4, -0.2) is 33.8 Å². The highest BCUT2D eigenvalue weighted by Gasteiger charge is 2.18. The van der Waals surface area contributed by atoms with Crippen molar-refractivity contribution in [2.75, 3.05) is 29.1 Å².